The second-order valence-corrected chi connectivity index (χ2v) is 2.38. The number of halogens is 1. The third-order valence-corrected chi connectivity index (χ3v) is 0.985. The van der Waals surface area contributed by atoms with E-state index in [0.717, 1.165) is 5.02 Å². The average molecular weight is 191 g/mol. The maximum absolute atomic E-state index is 7.34. The van der Waals surface area contributed by atoms with Crippen molar-refractivity contribution in [1.29, 1.82) is 0 Å². The molecule has 0 aliphatic rings. The molecular formula is C7H7ClO2S. The number of hydrogen-bond donors (Lipinski definition) is 2. The first-order chi connectivity index (χ1) is 5.13. The van der Waals surface area contributed by atoms with Crippen molar-refractivity contribution in [3.8, 4) is 0 Å². The van der Waals surface area contributed by atoms with Gasteiger partial charge in [-0.1, -0.05) is 29.8 Å². The number of hydrogen-bond acceptors (Lipinski definition) is 1. The summed E-state index contributed by atoms with van der Waals surface area (Å²) in [7, 11) is 0. The largest absolute Gasteiger partial charge is 0.473 e. The van der Waals surface area contributed by atoms with E-state index in [4.69, 9.17) is 21.8 Å². The van der Waals surface area contributed by atoms with Gasteiger partial charge in [0.2, 0.25) is 0 Å². The first kappa shape index (κ1) is 10.2. The molecule has 0 heterocycles. The quantitative estimate of drug-likeness (QED) is 0.618. The topological polar surface area (TPSA) is 40.5 Å². The second-order valence-electron chi connectivity index (χ2n) is 1.58. The summed E-state index contributed by atoms with van der Waals surface area (Å²) in [6.45, 7) is 0. The summed E-state index contributed by atoms with van der Waals surface area (Å²) in [5.41, 5.74) is 0. The fraction of sp³-hybridized carbons (Fsp3) is 0. The van der Waals surface area contributed by atoms with Crippen molar-refractivity contribution < 1.29 is 10.2 Å². The normalized spacial score (nSPS) is 7.73. The van der Waals surface area contributed by atoms with Gasteiger partial charge in [-0.3, -0.25) is 0 Å². The average Bonchev–Trinajstić information content (AvgIpc) is 1.87. The van der Waals surface area contributed by atoms with Gasteiger partial charge >= 0.3 is 5.24 Å². The molecule has 0 radical (unpaired) electrons. The van der Waals surface area contributed by atoms with Gasteiger partial charge in [0.15, 0.2) is 0 Å². The van der Waals surface area contributed by atoms with Gasteiger partial charge in [-0.15, -0.1) is 0 Å². The Morgan fingerprint density at radius 3 is 1.73 bits per heavy atom. The SMILES string of the molecule is Clc1ccccc1.OC(O)=S. The number of aliphatic hydroxyl groups excluding tert-OH is 1. The van der Waals surface area contributed by atoms with Crippen molar-refractivity contribution in [2.75, 3.05) is 0 Å². The maximum atomic E-state index is 7.34. The van der Waals surface area contributed by atoms with Crippen LogP contribution in [0.15, 0.2) is 30.3 Å². The van der Waals surface area contributed by atoms with Crippen molar-refractivity contribution in [1.82, 2.24) is 0 Å². The van der Waals surface area contributed by atoms with Crippen molar-refractivity contribution in [3.63, 3.8) is 0 Å². The van der Waals surface area contributed by atoms with E-state index in [-0.39, 0.29) is 0 Å². The first-order valence-electron chi connectivity index (χ1n) is 2.75. The molecule has 1 aromatic carbocycles. The fourth-order valence-corrected chi connectivity index (χ4v) is 0.560. The summed E-state index contributed by atoms with van der Waals surface area (Å²) in [4.78, 5) is 0. The van der Waals surface area contributed by atoms with E-state index in [2.05, 4.69) is 12.2 Å². The van der Waals surface area contributed by atoms with E-state index >= 15 is 0 Å². The molecule has 60 valence electrons. The maximum Gasteiger partial charge on any atom is 0.347 e. The van der Waals surface area contributed by atoms with E-state index < -0.39 is 5.24 Å². The molecule has 1 aromatic rings. The molecule has 0 spiro atoms. The molecule has 0 amide bonds. The molecule has 2 nitrogen and oxygen atoms in total. The molecule has 0 fully saturated rings. The third kappa shape index (κ3) is 9.20. The molecular weight excluding hydrogens is 184 g/mol. The van der Waals surface area contributed by atoms with Crippen LogP contribution >= 0.6 is 23.8 Å². The van der Waals surface area contributed by atoms with Gasteiger partial charge in [0.25, 0.3) is 0 Å². The Morgan fingerprint density at radius 1 is 1.18 bits per heavy atom. The van der Waals surface area contributed by atoms with E-state index in [1.165, 1.54) is 0 Å². The summed E-state index contributed by atoms with van der Waals surface area (Å²) in [6.07, 6.45) is 0. The highest BCUT2D eigenvalue weighted by molar-refractivity contribution is 7.79. The van der Waals surface area contributed by atoms with Gasteiger partial charge in [0.05, 0.1) is 0 Å². The number of benzene rings is 1. The van der Waals surface area contributed by atoms with Gasteiger partial charge < -0.3 is 10.2 Å². The van der Waals surface area contributed by atoms with Crippen LogP contribution in [0.1, 0.15) is 0 Å². The molecule has 0 saturated heterocycles. The van der Waals surface area contributed by atoms with Crippen molar-refractivity contribution >= 4 is 29.1 Å². The van der Waals surface area contributed by atoms with Gasteiger partial charge in [-0.05, 0) is 12.1 Å². The molecule has 0 bridgehead atoms. The molecule has 0 atom stereocenters. The van der Waals surface area contributed by atoms with Crippen LogP contribution in [-0.2, 0) is 0 Å². The zero-order valence-electron chi connectivity index (χ0n) is 5.57. The second kappa shape index (κ2) is 5.95. The van der Waals surface area contributed by atoms with Gasteiger partial charge in [0, 0.05) is 17.2 Å². The lowest BCUT2D eigenvalue weighted by Crippen LogP contribution is -1.80. The van der Waals surface area contributed by atoms with Crippen LogP contribution in [0.25, 0.3) is 0 Å². The summed E-state index contributed by atoms with van der Waals surface area (Å²) in [5, 5.41) is 14.5. The highest BCUT2D eigenvalue weighted by Crippen LogP contribution is 2.03. The fourth-order valence-electron chi connectivity index (χ4n) is 0.415. The minimum atomic E-state index is -1.000. The lowest BCUT2D eigenvalue weighted by Gasteiger charge is -1.80. The third-order valence-electron chi connectivity index (χ3n) is 0.733. The molecule has 0 aliphatic carbocycles. The Labute approximate surface area is 75.1 Å². The molecule has 1 rings (SSSR count). The molecule has 11 heavy (non-hydrogen) atoms. The monoisotopic (exact) mass is 190 g/mol. The Bertz CT molecular complexity index is 209. The molecule has 4 heteroatoms. The minimum Gasteiger partial charge on any atom is -0.473 e. The minimum absolute atomic E-state index is 0.794. The number of rotatable bonds is 0. The van der Waals surface area contributed by atoms with Crippen molar-refractivity contribution in [2.45, 2.75) is 0 Å². The van der Waals surface area contributed by atoms with E-state index in [1.807, 2.05) is 30.3 Å². The van der Waals surface area contributed by atoms with Gasteiger partial charge in [-0.2, -0.15) is 0 Å². The standard InChI is InChI=1S/C6H5Cl.CH2O2S/c7-6-4-2-1-3-5-6;2-1(3)4/h1-5H;(H2,2,3,4). The van der Waals surface area contributed by atoms with E-state index in [0.29, 0.717) is 0 Å². The van der Waals surface area contributed by atoms with Crippen molar-refractivity contribution in [2.24, 2.45) is 0 Å². The molecule has 0 aromatic heterocycles. The van der Waals surface area contributed by atoms with Crippen LogP contribution < -0.4 is 0 Å². The Balaban J connectivity index is 0.000000218. The molecule has 2 N–H and O–H groups in total. The highest BCUT2D eigenvalue weighted by atomic mass is 35.5. The molecule has 0 saturated carbocycles. The Kier molecular flexibility index (Phi) is 5.51. The van der Waals surface area contributed by atoms with E-state index in [9.17, 15) is 0 Å². The predicted molar refractivity (Wildman–Crippen MR) is 49.3 cm³/mol. The predicted octanol–water partition coefficient (Wildman–Crippen LogP) is 2.73. The van der Waals surface area contributed by atoms with E-state index in [1.54, 1.807) is 0 Å². The van der Waals surface area contributed by atoms with Crippen LogP contribution in [0.5, 0.6) is 0 Å². The smallest absolute Gasteiger partial charge is 0.347 e. The van der Waals surface area contributed by atoms with Crippen LogP contribution in [-0.4, -0.2) is 15.4 Å². The molecule has 0 unspecified atom stereocenters. The van der Waals surface area contributed by atoms with Crippen LogP contribution in [0.4, 0.5) is 0 Å². The number of thiocarbonyl (C=S) groups is 1. The van der Waals surface area contributed by atoms with Crippen LogP contribution in [0.2, 0.25) is 5.02 Å². The summed E-state index contributed by atoms with van der Waals surface area (Å²) >= 11 is 9.19. The lowest BCUT2D eigenvalue weighted by atomic mass is 10.4. The zero-order valence-corrected chi connectivity index (χ0v) is 7.14. The van der Waals surface area contributed by atoms with Crippen LogP contribution in [0.3, 0.4) is 0 Å². The number of aliphatic hydroxyl groups is 2. The zero-order chi connectivity index (χ0) is 8.69. The Morgan fingerprint density at radius 2 is 1.55 bits per heavy atom. The summed E-state index contributed by atoms with van der Waals surface area (Å²) in [5.74, 6) is 0. The highest BCUT2D eigenvalue weighted by Gasteiger charge is 1.74. The summed E-state index contributed by atoms with van der Waals surface area (Å²) in [6, 6.07) is 9.44. The lowest BCUT2D eigenvalue weighted by molar-refractivity contribution is 0.386. The van der Waals surface area contributed by atoms with Gasteiger partial charge in [-0.25, -0.2) is 0 Å². The Hall–Kier alpha value is -0.800. The van der Waals surface area contributed by atoms with Gasteiger partial charge in [0.1, 0.15) is 0 Å². The summed E-state index contributed by atoms with van der Waals surface area (Å²) < 4.78 is 0. The van der Waals surface area contributed by atoms with Crippen molar-refractivity contribution in [3.05, 3.63) is 35.4 Å². The van der Waals surface area contributed by atoms with Crippen LogP contribution in [0, 0.1) is 0 Å². The molecule has 0 aliphatic heterocycles. The first-order valence-corrected chi connectivity index (χ1v) is 3.54.